The summed E-state index contributed by atoms with van der Waals surface area (Å²) in [5.41, 5.74) is 3.99. The largest absolute Gasteiger partial charge is 0.493 e. The zero-order chi connectivity index (χ0) is 14.5. The molecule has 0 fully saturated rings. The first-order valence-corrected chi connectivity index (χ1v) is 8.31. The highest BCUT2D eigenvalue weighted by Gasteiger charge is 2.16. The van der Waals surface area contributed by atoms with Gasteiger partial charge in [0.15, 0.2) is 0 Å². The number of fused-ring (bicyclic) bond motifs is 1. The van der Waals surface area contributed by atoms with E-state index in [9.17, 15) is 0 Å². The van der Waals surface area contributed by atoms with Gasteiger partial charge in [-0.2, -0.15) is 0 Å². The van der Waals surface area contributed by atoms with Gasteiger partial charge in [-0.25, -0.2) is 0 Å². The number of hydrogen-bond acceptors (Lipinski definition) is 2. The van der Waals surface area contributed by atoms with Crippen molar-refractivity contribution in [3.63, 3.8) is 0 Å². The third-order valence-corrected chi connectivity index (χ3v) is 4.26. The standard InChI is InChI=1S/C18H20BrNO/c19-17-11-15-8-10-21-18(15)16(12-17)13-20-9-4-7-14-5-2-1-3-6-14/h1-3,5-6,11-12,20H,4,7-10,13H2. The lowest BCUT2D eigenvalue weighted by Crippen LogP contribution is -2.16. The van der Waals surface area contributed by atoms with Crippen molar-refractivity contribution in [2.45, 2.75) is 25.8 Å². The van der Waals surface area contributed by atoms with Gasteiger partial charge in [-0.15, -0.1) is 0 Å². The molecule has 1 heterocycles. The summed E-state index contributed by atoms with van der Waals surface area (Å²) in [6, 6.07) is 15.0. The smallest absolute Gasteiger partial charge is 0.127 e. The summed E-state index contributed by atoms with van der Waals surface area (Å²) in [6.45, 7) is 2.71. The average molecular weight is 346 g/mol. The van der Waals surface area contributed by atoms with Crippen molar-refractivity contribution in [1.82, 2.24) is 5.32 Å². The number of hydrogen-bond donors (Lipinski definition) is 1. The topological polar surface area (TPSA) is 21.3 Å². The van der Waals surface area contributed by atoms with E-state index in [2.05, 4.69) is 63.7 Å². The fraction of sp³-hybridized carbons (Fsp3) is 0.333. The molecule has 0 atom stereocenters. The van der Waals surface area contributed by atoms with Crippen LogP contribution < -0.4 is 10.1 Å². The van der Waals surface area contributed by atoms with Gasteiger partial charge < -0.3 is 10.1 Å². The van der Waals surface area contributed by atoms with Crippen molar-refractivity contribution in [2.75, 3.05) is 13.2 Å². The summed E-state index contributed by atoms with van der Waals surface area (Å²) < 4.78 is 6.90. The Morgan fingerprint density at radius 1 is 1.14 bits per heavy atom. The van der Waals surface area contributed by atoms with Crippen molar-refractivity contribution in [2.24, 2.45) is 0 Å². The predicted octanol–water partition coefficient (Wildman–Crippen LogP) is 4.11. The molecule has 2 aromatic carbocycles. The molecule has 0 saturated heterocycles. The minimum absolute atomic E-state index is 0.812. The molecule has 3 heteroatoms. The number of benzene rings is 2. The van der Waals surface area contributed by atoms with Gasteiger partial charge in [0.05, 0.1) is 6.61 Å². The second-order valence-electron chi connectivity index (χ2n) is 5.42. The van der Waals surface area contributed by atoms with Gasteiger partial charge >= 0.3 is 0 Å². The molecule has 110 valence electrons. The maximum Gasteiger partial charge on any atom is 0.127 e. The highest BCUT2D eigenvalue weighted by atomic mass is 79.9. The number of halogens is 1. The summed E-state index contributed by atoms with van der Waals surface area (Å²) in [5, 5.41) is 3.53. The first-order chi connectivity index (χ1) is 10.3. The maximum absolute atomic E-state index is 5.75. The zero-order valence-corrected chi connectivity index (χ0v) is 13.7. The fourth-order valence-electron chi connectivity index (χ4n) is 2.76. The molecular weight excluding hydrogens is 326 g/mol. The Balaban J connectivity index is 1.48. The molecule has 21 heavy (non-hydrogen) atoms. The van der Waals surface area contributed by atoms with Crippen molar-refractivity contribution in [1.29, 1.82) is 0 Å². The monoisotopic (exact) mass is 345 g/mol. The van der Waals surface area contributed by atoms with Crippen LogP contribution in [0.2, 0.25) is 0 Å². The predicted molar refractivity (Wildman–Crippen MR) is 89.8 cm³/mol. The number of rotatable bonds is 6. The molecule has 0 saturated carbocycles. The van der Waals surface area contributed by atoms with Crippen molar-refractivity contribution >= 4 is 15.9 Å². The van der Waals surface area contributed by atoms with Gasteiger partial charge in [0, 0.05) is 23.0 Å². The van der Waals surface area contributed by atoms with Crippen LogP contribution in [0.5, 0.6) is 5.75 Å². The molecular formula is C18H20BrNO. The minimum Gasteiger partial charge on any atom is -0.493 e. The Hall–Kier alpha value is -1.32. The average Bonchev–Trinajstić information content (AvgIpc) is 2.96. The highest BCUT2D eigenvalue weighted by molar-refractivity contribution is 9.10. The second kappa shape index (κ2) is 7.10. The molecule has 0 radical (unpaired) electrons. The molecule has 0 spiro atoms. The Morgan fingerprint density at radius 3 is 2.86 bits per heavy atom. The van der Waals surface area contributed by atoms with Gasteiger partial charge in [-0.1, -0.05) is 46.3 Å². The summed E-state index contributed by atoms with van der Waals surface area (Å²) in [7, 11) is 0. The maximum atomic E-state index is 5.75. The molecule has 1 N–H and O–H groups in total. The van der Waals surface area contributed by atoms with E-state index in [0.29, 0.717) is 0 Å². The quantitative estimate of drug-likeness (QED) is 0.795. The molecule has 0 bridgehead atoms. The number of nitrogens with one attached hydrogen (secondary N) is 1. The molecule has 2 nitrogen and oxygen atoms in total. The second-order valence-corrected chi connectivity index (χ2v) is 6.33. The van der Waals surface area contributed by atoms with E-state index in [4.69, 9.17) is 4.74 Å². The molecule has 1 aliphatic heterocycles. The Kier molecular flexibility index (Phi) is 4.94. The van der Waals surface area contributed by atoms with Crippen LogP contribution in [0.1, 0.15) is 23.1 Å². The Labute approximate surface area is 134 Å². The summed E-state index contributed by atoms with van der Waals surface area (Å²) in [6.07, 6.45) is 3.30. The normalized spacial score (nSPS) is 13.0. The molecule has 2 aromatic rings. The van der Waals surface area contributed by atoms with E-state index in [1.54, 1.807) is 0 Å². The van der Waals surface area contributed by atoms with Crippen LogP contribution >= 0.6 is 15.9 Å². The number of aryl methyl sites for hydroxylation is 1. The fourth-order valence-corrected chi connectivity index (χ4v) is 3.32. The van der Waals surface area contributed by atoms with Crippen molar-refractivity contribution in [3.8, 4) is 5.75 Å². The van der Waals surface area contributed by atoms with Gasteiger partial charge in [0.1, 0.15) is 5.75 Å². The van der Waals surface area contributed by atoms with Crippen molar-refractivity contribution in [3.05, 3.63) is 63.6 Å². The third kappa shape index (κ3) is 3.86. The summed E-state index contributed by atoms with van der Waals surface area (Å²) >= 11 is 3.59. The molecule has 0 aliphatic carbocycles. The highest BCUT2D eigenvalue weighted by Crippen LogP contribution is 2.32. The first-order valence-electron chi connectivity index (χ1n) is 7.51. The van der Waals surface area contributed by atoms with Crippen LogP contribution in [0.3, 0.4) is 0 Å². The Morgan fingerprint density at radius 2 is 2.00 bits per heavy atom. The molecule has 1 aliphatic rings. The van der Waals surface area contributed by atoms with Crippen LogP contribution in [-0.2, 0) is 19.4 Å². The van der Waals surface area contributed by atoms with Crippen LogP contribution in [-0.4, -0.2) is 13.2 Å². The van der Waals surface area contributed by atoms with Gasteiger partial charge in [0.2, 0.25) is 0 Å². The van der Waals surface area contributed by atoms with E-state index in [-0.39, 0.29) is 0 Å². The lowest BCUT2D eigenvalue weighted by atomic mass is 10.1. The lowest BCUT2D eigenvalue weighted by molar-refractivity contribution is 0.352. The Bertz CT molecular complexity index is 598. The van der Waals surface area contributed by atoms with Gasteiger partial charge in [-0.05, 0) is 42.6 Å². The third-order valence-electron chi connectivity index (χ3n) is 3.80. The summed E-state index contributed by atoms with van der Waals surface area (Å²) in [5.74, 6) is 1.09. The van der Waals surface area contributed by atoms with E-state index < -0.39 is 0 Å². The molecule has 0 unspecified atom stereocenters. The molecule has 0 aromatic heterocycles. The number of ether oxygens (including phenoxy) is 1. The zero-order valence-electron chi connectivity index (χ0n) is 12.1. The van der Waals surface area contributed by atoms with Crippen molar-refractivity contribution < 1.29 is 4.74 Å². The van der Waals surface area contributed by atoms with E-state index in [1.165, 1.54) is 16.7 Å². The van der Waals surface area contributed by atoms with Crippen LogP contribution in [0.15, 0.2) is 46.9 Å². The van der Waals surface area contributed by atoms with Gasteiger partial charge in [0.25, 0.3) is 0 Å². The van der Waals surface area contributed by atoms with Gasteiger partial charge in [-0.3, -0.25) is 0 Å². The van der Waals surface area contributed by atoms with Crippen LogP contribution in [0.4, 0.5) is 0 Å². The molecule has 0 amide bonds. The SMILES string of the molecule is Brc1cc2c(c(CNCCCc3ccccc3)c1)OCC2. The summed E-state index contributed by atoms with van der Waals surface area (Å²) in [4.78, 5) is 0. The van der Waals surface area contributed by atoms with Crippen LogP contribution in [0.25, 0.3) is 0 Å². The van der Waals surface area contributed by atoms with E-state index >= 15 is 0 Å². The minimum atomic E-state index is 0.812. The van der Waals surface area contributed by atoms with Crippen LogP contribution in [0, 0.1) is 0 Å². The van der Waals surface area contributed by atoms with E-state index in [1.807, 2.05) is 0 Å². The van der Waals surface area contributed by atoms with E-state index in [0.717, 1.165) is 49.2 Å². The lowest BCUT2D eigenvalue weighted by Gasteiger charge is -2.10. The first kappa shape index (κ1) is 14.6. The molecule has 3 rings (SSSR count).